The highest BCUT2D eigenvalue weighted by molar-refractivity contribution is 5.93. The topological polar surface area (TPSA) is 104 Å². The number of fused-ring (bicyclic) bond motifs is 1. The summed E-state index contributed by atoms with van der Waals surface area (Å²) in [5.74, 6) is -0.101. The Morgan fingerprint density at radius 2 is 1.95 bits per heavy atom. The zero-order valence-electron chi connectivity index (χ0n) is 23.1. The Hall–Kier alpha value is -4.37. The third kappa shape index (κ3) is 5.37. The van der Waals surface area contributed by atoms with Crippen LogP contribution in [0, 0.1) is 17.2 Å². The number of hydrogen-bond donors (Lipinski definition) is 1. The summed E-state index contributed by atoms with van der Waals surface area (Å²) in [5, 5.41) is 16.2. The number of aromatic amines is 1. The minimum atomic E-state index is -4.61. The normalized spacial score (nSPS) is 17.3. The van der Waals surface area contributed by atoms with Crippen molar-refractivity contribution < 1.29 is 27.2 Å². The largest absolute Gasteiger partial charge is 0.466 e. The van der Waals surface area contributed by atoms with E-state index in [0.717, 1.165) is 24.2 Å². The smallest absolute Gasteiger partial charge is 0.416 e. The summed E-state index contributed by atoms with van der Waals surface area (Å²) in [6.07, 6.45) is -2.27. The summed E-state index contributed by atoms with van der Waals surface area (Å²) in [5.41, 5.74) is 0.641. The molecule has 1 fully saturated rings. The quantitative estimate of drug-likeness (QED) is 0.330. The fourth-order valence-corrected chi connectivity index (χ4v) is 5.68. The molecule has 0 bridgehead atoms. The second-order valence-electron chi connectivity index (χ2n) is 11.2. The molecule has 2 aliphatic rings. The van der Waals surface area contributed by atoms with Crippen molar-refractivity contribution in [2.24, 2.45) is 5.92 Å². The van der Waals surface area contributed by atoms with Crippen molar-refractivity contribution in [3.8, 4) is 6.07 Å². The first-order valence-electron chi connectivity index (χ1n) is 13.1. The minimum Gasteiger partial charge on any atom is -0.466 e. The van der Waals surface area contributed by atoms with Crippen LogP contribution < -0.4 is 10.6 Å². The number of aromatic nitrogens is 3. The zero-order valence-corrected chi connectivity index (χ0v) is 23.1. The van der Waals surface area contributed by atoms with E-state index in [4.69, 9.17) is 4.74 Å². The second-order valence-corrected chi connectivity index (χ2v) is 11.2. The number of benzene rings is 2. The monoisotopic (exact) mass is 567 g/mol. The van der Waals surface area contributed by atoms with Crippen molar-refractivity contribution in [3.05, 3.63) is 86.5 Å². The Bertz CT molecular complexity index is 1640. The van der Waals surface area contributed by atoms with Crippen molar-refractivity contribution in [2.45, 2.75) is 38.5 Å². The average molecular weight is 568 g/mol. The van der Waals surface area contributed by atoms with Crippen molar-refractivity contribution in [1.82, 2.24) is 14.8 Å². The van der Waals surface area contributed by atoms with Crippen LogP contribution in [0.1, 0.15) is 48.1 Å². The van der Waals surface area contributed by atoms with Gasteiger partial charge in [-0.2, -0.15) is 18.4 Å². The Morgan fingerprint density at radius 3 is 2.59 bits per heavy atom. The highest BCUT2D eigenvalue weighted by Gasteiger charge is 2.42. The van der Waals surface area contributed by atoms with Crippen LogP contribution in [0.2, 0.25) is 0 Å². The zero-order chi connectivity index (χ0) is 29.7. The minimum absolute atomic E-state index is 0.0199. The lowest BCUT2D eigenvalue weighted by molar-refractivity contribution is -0.905. The number of anilines is 2. The maximum absolute atomic E-state index is 13.6. The highest BCUT2D eigenvalue weighted by Crippen LogP contribution is 2.44. The molecule has 0 unspecified atom stereocenters. The fourth-order valence-electron chi connectivity index (χ4n) is 5.68. The number of nitriles is 1. The molecule has 2 aromatic carbocycles. The fraction of sp³-hybridized carbons (Fsp3) is 0.379. The van der Waals surface area contributed by atoms with E-state index >= 15 is 0 Å². The molecule has 41 heavy (non-hydrogen) atoms. The molecule has 3 aromatic rings. The Labute approximate surface area is 234 Å². The lowest BCUT2D eigenvalue weighted by Gasteiger charge is -2.37. The lowest BCUT2D eigenvalue weighted by Crippen LogP contribution is -2.42. The van der Waals surface area contributed by atoms with Crippen LogP contribution in [-0.2, 0) is 22.3 Å². The number of rotatable bonds is 7. The van der Waals surface area contributed by atoms with E-state index in [0.29, 0.717) is 28.1 Å². The average Bonchev–Trinajstić information content (AvgIpc) is 3.65. The third-order valence-corrected chi connectivity index (χ3v) is 7.59. The summed E-state index contributed by atoms with van der Waals surface area (Å²) < 4.78 is 47.8. The number of halogens is 3. The number of quaternary nitrogens is 1. The van der Waals surface area contributed by atoms with Gasteiger partial charge >= 0.3 is 17.8 Å². The van der Waals surface area contributed by atoms with Crippen LogP contribution >= 0.6 is 0 Å². The summed E-state index contributed by atoms with van der Waals surface area (Å²) >= 11 is 0. The molecule has 0 saturated heterocycles. The summed E-state index contributed by atoms with van der Waals surface area (Å²) in [7, 11) is 5.39. The van der Waals surface area contributed by atoms with Gasteiger partial charge in [0.25, 0.3) is 0 Å². The number of alkyl halides is 3. The highest BCUT2D eigenvalue weighted by atomic mass is 19.4. The number of hydrogen-bond acceptors (Lipinski definition) is 6. The van der Waals surface area contributed by atoms with Gasteiger partial charge in [0.1, 0.15) is 12.6 Å². The summed E-state index contributed by atoms with van der Waals surface area (Å²) in [4.78, 5) is 28.0. The number of H-pyrrole nitrogens is 1. The first kappa shape index (κ1) is 28.2. The molecular weight excluding hydrogens is 537 g/mol. The first-order chi connectivity index (χ1) is 19.3. The SMILES string of the molecule is COC(=O)C1=C(C)N(c2cccc(C(F)(F)F)c2)c2n[nH]c(=O)n2[C@@H]1c1ccc(C#N)cc1C[N+](C)(C)CC1CC1. The standard InChI is InChI=1S/C29H29F3N6O3/c1-17-24(26(39)41-4)25(23-11-10-19(14-33)12-20(23)16-38(2,3)15-18-8-9-18)37-27(34-35-28(37)40)36(17)22-7-5-6-21(13-22)29(30,31)32/h5-7,10-13,18,25H,8-9,15-16H2,1-4H3/p+1/t25-/m1/s1. The van der Waals surface area contributed by atoms with Gasteiger partial charge in [-0.15, -0.1) is 5.10 Å². The molecule has 1 aliphatic heterocycles. The van der Waals surface area contributed by atoms with Gasteiger partial charge in [-0.1, -0.05) is 12.1 Å². The third-order valence-electron chi connectivity index (χ3n) is 7.59. The second kappa shape index (κ2) is 10.2. The van der Waals surface area contributed by atoms with Crippen LogP contribution in [0.25, 0.3) is 0 Å². The van der Waals surface area contributed by atoms with Gasteiger partial charge in [-0.05, 0) is 55.7 Å². The molecule has 1 N–H and O–H groups in total. The number of methoxy groups -OCH3 is 1. The molecule has 1 aliphatic carbocycles. The van der Waals surface area contributed by atoms with Gasteiger partial charge < -0.3 is 9.22 Å². The van der Waals surface area contributed by atoms with Crippen LogP contribution in [0.4, 0.5) is 24.8 Å². The summed E-state index contributed by atoms with van der Waals surface area (Å²) in [6, 6.07) is 10.8. The number of carbonyl (C=O) groups excluding carboxylic acids is 1. The van der Waals surface area contributed by atoms with E-state index in [1.807, 2.05) is 0 Å². The number of nitrogens with zero attached hydrogens (tertiary/aromatic N) is 5. The van der Waals surface area contributed by atoms with Crippen molar-refractivity contribution in [2.75, 3.05) is 32.6 Å². The maximum atomic E-state index is 13.6. The van der Waals surface area contributed by atoms with Gasteiger partial charge in [0.2, 0.25) is 5.95 Å². The molecule has 5 rings (SSSR count). The predicted molar refractivity (Wildman–Crippen MR) is 144 cm³/mol. The summed E-state index contributed by atoms with van der Waals surface area (Å²) in [6.45, 7) is 3.03. The van der Waals surface area contributed by atoms with E-state index in [1.165, 1.54) is 41.6 Å². The van der Waals surface area contributed by atoms with Crippen LogP contribution in [0.15, 0.2) is 58.5 Å². The van der Waals surface area contributed by atoms with Gasteiger partial charge in [0.05, 0.1) is 50.5 Å². The Morgan fingerprint density at radius 1 is 1.22 bits per heavy atom. The molecule has 0 radical (unpaired) electrons. The molecule has 214 valence electrons. The Kier molecular flexibility index (Phi) is 7.03. The molecule has 1 atom stereocenters. The molecule has 2 heterocycles. The predicted octanol–water partition coefficient (Wildman–Crippen LogP) is 4.64. The maximum Gasteiger partial charge on any atom is 0.416 e. The van der Waals surface area contributed by atoms with Gasteiger partial charge in [0, 0.05) is 22.9 Å². The van der Waals surface area contributed by atoms with Crippen LogP contribution in [-0.4, -0.2) is 53.0 Å². The van der Waals surface area contributed by atoms with E-state index < -0.39 is 29.4 Å². The molecule has 0 amide bonds. The van der Waals surface area contributed by atoms with Crippen LogP contribution in [0.5, 0.6) is 0 Å². The number of ether oxygens (including phenoxy) is 1. The van der Waals surface area contributed by atoms with E-state index in [9.17, 15) is 28.0 Å². The Balaban J connectivity index is 1.73. The van der Waals surface area contributed by atoms with Gasteiger partial charge in [-0.25, -0.2) is 19.3 Å². The van der Waals surface area contributed by atoms with Crippen LogP contribution in [0.3, 0.4) is 0 Å². The van der Waals surface area contributed by atoms with Gasteiger partial charge in [0.15, 0.2) is 0 Å². The number of carbonyl (C=O) groups is 1. The molecule has 12 heteroatoms. The molecule has 1 saturated carbocycles. The number of esters is 1. The number of nitrogens with one attached hydrogen (secondary N) is 1. The van der Waals surface area contributed by atoms with Crippen molar-refractivity contribution >= 4 is 17.6 Å². The van der Waals surface area contributed by atoms with E-state index in [2.05, 4.69) is 30.4 Å². The molecule has 9 nitrogen and oxygen atoms in total. The van der Waals surface area contributed by atoms with Crippen molar-refractivity contribution in [1.29, 1.82) is 5.26 Å². The first-order valence-corrected chi connectivity index (χ1v) is 13.1. The molecular formula is C29H30F3N6O3+. The number of allylic oxidation sites excluding steroid dienone is 1. The van der Waals surface area contributed by atoms with Gasteiger partial charge in [-0.3, -0.25) is 4.90 Å². The van der Waals surface area contributed by atoms with E-state index in [-0.39, 0.29) is 22.9 Å². The molecule has 0 spiro atoms. The van der Waals surface area contributed by atoms with E-state index in [1.54, 1.807) is 25.1 Å². The molecule has 1 aromatic heterocycles. The lowest BCUT2D eigenvalue weighted by atomic mass is 9.89. The van der Waals surface area contributed by atoms with Crippen molar-refractivity contribution in [3.63, 3.8) is 0 Å².